The van der Waals surface area contributed by atoms with E-state index in [1.54, 1.807) is 11.3 Å². The number of hydrogen-bond acceptors (Lipinski definition) is 5. The topological polar surface area (TPSA) is 55.0 Å². The van der Waals surface area contributed by atoms with Crippen LogP contribution in [0.5, 0.6) is 0 Å². The highest BCUT2D eigenvalue weighted by atomic mass is 35.5. The maximum absolute atomic E-state index is 6.01. The molecule has 2 aromatic rings. The number of hydrogen-bond donors (Lipinski definition) is 1. The summed E-state index contributed by atoms with van der Waals surface area (Å²) in [5.74, 6) is 0.889. The van der Waals surface area contributed by atoms with E-state index in [1.807, 2.05) is 23.4 Å². The van der Waals surface area contributed by atoms with Crippen LogP contribution in [0.2, 0.25) is 5.02 Å². The normalized spacial score (nSPS) is 10.4. The fraction of sp³-hybridized carbons (Fsp3) is 0.200. The molecule has 6 heteroatoms. The van der Waals surface area contributed by atoms with E-state index >= 15 is 0 Å². The average molecular weight is 255 g/mol. The maximum atomic E-state index is 6.01. The van der Waals surface area contributed by atoms with Crippen molar-refractivity contribution in [1.82, 2.24) is 9.97 Å². The molecule has 0 unspecified atom stereocenters. The Labute approximate surface area is 103 Å². The molecule has 0 fully saturated rings. The second-order valence-corrected chi connectivity index (χ2v) is 4.77. The highest BCUT2D eigenvalue weighted by Crippen LogP contribution is 2.24. The molecule has 4 nitrogen and oxygen atoms in total. The minimum absolute atomic E-state index is 0.234. The van der Waals surface area contributed by atoms with Crippen molar-refractivity contribution in [1.29, 1.82) is 0 Å². The average Bonchev–Trinajstić information content (AvgIpc) is 2.74. The van der Waals surface area contributed by atoms with Crippen molar-refractivity contribution < 1.29 is 0 Å². The number of thiophene rings is 1. The molecule has 84 valence electrons. The molecule has 0 aliphatic carbocycles. The van der Waals surface area contributed by atoms with Crippen LogP contribution in [0.25, 0.3) is 0 Å². The molecule has 0 aromatic carbocycles. The quantitative estimate of drug-likeness (QED) is 0.914. The minimum atomic E-state index is 0.234. The predicted molar refractivity (Wildman–Crippen MR) is 67.9 cm³/mol. The molecule has 0 atom stereocenters. The van der Waals surface area contributed by atoms with Gasteiger partial charge in [-0.25, -0.2) is 4.98 Å². The molecule has 2 aromatic heterocycles. The summed E-state index contributed by atoms with van der Waals surface area (Å²) in [4.78, 5) is 11.1. The second kappa shape index (κ2) is 4.67. The van der Waals surface area contributed by atoms with Gasteiger partial charge >= 0.3 is 0 Å². The Balaban J connectivity index is 2.20. The van der Waals surface area contributed by atoms with E-state index in [1.165, 1.54) is 11.1 Å². The summed E-state index contributed by atoms with van der Waals surface area (Å²) in [6.07, 6.45) is 1.52. The van der Waals surface area contributed by atoms with Gasteiger partial charge in [0.25, 0.3) is 0 Å². The zero-order chi connectivity index (χ0) is 11.5. The molecule has 2 N–H and O–H groups in total. The van der Waals surface area contributed by atoms with Gasteiger partial charge in [0.15, 0.2) is 5.82 Å². The number of aromatic nitrogens is 2. The molecule has 2 rings (SSSR count). The van der Waals surface area contributed by atoms with Crippen molar-refractivity contribution in [3.63, 3.8) is 0 Å². The van der Waals surface area contributed by atoms with Crippen molar-refractivity contribution in [3.8, 4) is 0 Å². The summed E-state index contributed by atoms with van der Waals surface area (Å²) in [5.41, 5.74) is 5.53. The first-order chi connectivity index (χ1) is 7.66. The molecule has 0 aliphatic rings. The number of halogens is 1. The molecule has 0 radical (unpaired) electrons. The van der Waals surface area contributed by atoms with E-state index in [4.69, 9.17) is 17.3 Å². The predicted octanol–water partition coefficient (Wildman–Crippen LogP) is 2.41. The van der Waals surface area contributed by atoms with E-state index in [9.17, 15) is 0 Å². The van der Waals surface area contributed by atoms with Crippen molar-refractivity contribution >= 4 is 34.7 Å². The van der Waals surface area contributed by atoms with Gasteiger partial charge in [0.2, 0.25) is 5.95 Å². The van der Waals surface area contributed by atoms with Crippen LogP contribution in [-0.2, 0) is 6.54 Å². The molecule has 0 amide bonds. The van der Waals surface area contributed by atoms with Gasteiger partial charge in [0.1, 0.15) is 5.02 Å². The first-order valence-corrected chi connectivity index (χ1v) is 5.94. The van der Waals surface area contributed by atoms with Crippen molar-refractivity contribution in [2.45, 2.75) is 6.54 Å². The number of nitrogen functional groups attached to an aromatic ring is 1. The molecule has 0 bridgehead atoms. The maximum Gasteiger partial charge on any atom is 0.222 e. The van der Waals surface area contributed by atoms with Crippen LogP contribution in [0.4, 0.5) is 11.8 Å². The van der Waals surface area contributed by atoms with E-state index in [-0.39, 0.29) is 5.95 Å². The standard InChI is InChI=1S/C10H11ClN4S/c1-15(6-7-3-2-4-16-7)9-8(11)5-13-10(12)14-9/h2-5H,6H2,1H3,(H2,12,13,14). The van der Waals surface area contributed by atoms with Crippen molar-refractivity contribution in [2.75, 3.05) is 17.7 Å². The van der Waals surface area contributed by atoms with Gasteiger partial charge in [-0.15, -0.1) is 11.3 Å². The van der Waals surface area contributed by atoms with Crippen LogP contribution < -0.4 is 10.6 Å². The molecule has 0 aliphatic heterocycles. The molecular formula is C10H11ClN4S. The summed E-state index contributed by atoms with van der Waals surface area (Å²) < 4.78 is 0. The van der Waals surface area contributed by atoms with Gasteiger partial charge < -0.3 is 10.6 Å². The molecule has 16 heavy (non-hydrogen) atoms. The highest BCUT2D eigenvalue weighted by molar-refractivity contribution is 7.09. The highest BCUT2D eigenvalue weighted by Gasteiger charge is 2.10. The Kier molecular flexibility index (Phi) is 3.26. The molecule has 2 heterocycles. The third kappa shape index (κ3) is 2.43. The minimum Gasteiger partial charge on any atom is -0.368 e. The molecule has 0 spiro atoms. The Morgan fingerprint density at radius 2 is 2.38 bits per heavy atom. The summed E-state index contributed by atoms with van der Waals surface area (Å²) in [5, 5.41) is 2.55. The Morgan fingerprint density at radius 3 is 3.06 bits per heavy atom. The van der Waals surface area contributed by atoms with Crippen LogP contribution in [0.1, 0.15) is 4.88 Å². The zero-order valence-corrected chi connectivity index (χ0v) is 10.3. The van der Waals surface area contributed by atoms with Gasteiger partial charge in [-0.05, 0) is 11.4 Å². The Bertz CT molecular complexity index is 472. The van der Waals surface area contributed by atoms with E-state index in [2.05, 4.69) is 16.0 Å². The number of nitrogens with two attached hydrogens (primary N) is 1. The number of nitrogens with zero attached hydrogens (tertiary/aromatic N) is 3. The van der Waals surface area contributed by atoms with Gasteiger partial charge in [0, 0.05) is 11.9 Å². The van der Waals surface area contributed by atoms with Crippen LogP contribution in [0.3, 0.4) is 0 Å². The molecular weight excluding hydrogens is 244 g/mol. The summed E-state index contributed by atoms with van der Waals surface area (Å²) >= 11 is 7.71. The van der Waals surface area contributed by atoms with E-state index in [0.717, 1.165) is 6.54 Å². The third-order valence-corrected chi connectivity index (χ3v) is 3.21. The summed E-state index contributed by atoms with van der Waals surface area (Å²) in [7, 11) is 1.92. The zero-order valence-electron chi connectivity index (χ0n) is 8.72. The number of rotatable bonds is 3. The smallest absolute Gasteiger partial charge is 0.222 e. The SMILES string of the molecule is CN(Cc1cccs1)c1nc(N)ncc1Cl. The van der Waals surface area contributed by atoms with Crippen LogP contribution in [0.15, 0.2) is 23.7 Å². The fourth-order valence-electron chi connectivity index (χ4n) is 1.35. The van der Waals surface area contributed by atoms with Gasteiger partial charge in [-0.3, -0.25) is 0 Å². The Morgan fingerprint density at radius 1 is 1.56 bits per heavy atom. The second-order valence-electron chi connectivity index (χ2n) is 3.34. The summed E-state index contributed by atoms with van der Waals surface area (Å²) in [6, 6.07) is 4.09. The fourth-order valence-corrected chi connectivity index (χ4v) is 2.34. The van der Waals surface area contributed by atoms with Crippen molar-refractivity contribution in [3.05, 3.63) is 33.6 Å². The summed E-state index contributed by atoms with van der Waals surface area (Å²) in [6.45, 7) is 0.758. The van der Waals surface area contributed by atoms with Gasteiger partial charge in [0.05, 0.1) is 12.7 Å². The first-order valence-electron chi connectivity index (χ1n) is 4.68. The number of anilines is 2. The third-order valence-electron chi connectivity index (χ3n) is 2.08. The van der Waals surface area contributed by atoms with Crippen molar-refractivity contribution in [2.24, 2.45) is 0 Å². The van der Waals surface area contributed by atoms with E-state index < -0.39 is 0 Å². The van der Waals surface area contributed by atoms with Crippen LogP contribution >= 0.6 is 22.9 Å². The lowest BCUT2D eigenvalue weighted by Gasteiger charge is -2.18. The van der Waals surface area contributed by atoms with E-state index in [0.29, 0.717) is 10.8 Å². The largest absolute Gasteiger partial charge is 0.368 e. The first kappa shape index (κ1) is 11.2. The lowest BCUT2D eigenvalue weighted by molar-refractivity contribution is 0.908. The van der Waals surface area contributed by atoms with Gasteiger partial charge in [-0.1, -0.05) is 17.7 Å². The monoisotopic (exact) mass is 254 g/mol. The lowest BCUT2D eigenvalue weighted by Crippen LogP contribution is -2.18. The molecule has 0 saturated carbocycles. The van der Waals surface area contributed by atoms with Gasteiger partial charge in [-0.2, -0.15) is 4.98 Å². The van der Waals surface area contributed by atoms with Crippen LogP contribution in [-0.4, -0.2) is 17.0 Å². The lowest BCUT2D eigenvalue weighted by atomic mass is 10.4. The van der Waals surface area contributed by atoms with Crippen LogP contribution in [0, 0.1) is 0 Å². The molecule has 0 saturated heterocycles. The Hall–Kier alpha value is -1.33.